The first-order valence-corrected chi connectivity index (χ1v) is 8.21. The first kappa shape index (κ1) is 16.6. The maximum Gasteiger partial charge on any atom is 0.355 e. The molecular weight excluding hydrogens is 270 g/mol. The van der Waals surface area contributed by atoms with E-state index in [4.69, 9.17) is 8.85 Å². The van der Waals surface area contributed by atoms with E-state index in [2.05, 4.69) is 18.8 Å². The molecule has 0 spiro atoms. The molecule has 20 heavy (non-hydrogen) atoms. The van der Waals surface area contributed by atoms with Crippen LogP contribution < -0.4 is 10.5 Å². The molecule has 1 rings (SSSR count). The molecule has 0 saturated heterocycles. The maximum atomic E-state index is 11.8. The Kier molecular flexibility index (Phi) is 6.64. The van der Waals surface area contributed by atoms with Crippen LogP contribution >= 0.6 is 0 Å². The second-order valence-electron chi connectivity index (χ2n) is 4.66. The van der Waals surface area contributed by atoms with Gasteiger partial charge in [0.25, 0.3) is 5.91 Å². The summed E-state index contributed by atoms with van der Waals surface area (Å²) in [6.45, 7) is 7.47. The van der Waals surface area contributed by atoms with Crippen LogP contribution in [0.1, 0.15) is 25.8 Å². The summed E-state index contributed by atoms with van der Waals surface area (Å²) in [6, 6.07) is 5.85. The minimum atomic E-state index is -1.89. The number of benzene rings is 1. The molecule has 0 saturated carbocycles. The van der Waals surface area contributed by atoms with Gasteiger partial charge in [0.2, 0.25) is 0 Å². The van der Waals surface area contributed by atoms with Crippen LogP contribution in [0.2, 0.25) is 0 Å². The van der Waals surface area contributed by atoms with Crippen molar-refractivity contribution in [1.82, 2.24) is 0 Å². The zero-order chi connectivity index (χ0) is 15.1. The number of carbonyl (C=O) groups excluding carboxylic acids is 1. The second-order valence-corrected chi connectivity index (χ2v) is 6.89. The molecule has 0 aromatic heterocycles. The van der Waals surface area contributed by atoms with Gasteiger partial charge in [-0.05, 0) is 30.2 Å². The SMILES string of the molecule is C=C(C)C(=O)Nc1cccc([SiH](OC)OC)c1CCC. The second kappa shape index (κ2) is 7.99. The van der Waals surface area contributed by atoms with Crippen molar-refractivity contribution in [3.8, 4) is 0 Å². The summed E-state index contributed by atoms with van der Waals surface area (Å²) in [4.78, 5) is 11.8. The topological polar surface area (TPSA) is 47.6 Å². The molecule has 0 fully saturated rings. The van der Waals surface area contributed by atoms with E-state index in [0.29, 0.717) is 5.57 Å². The molecule has 0 unspecified atom stereocenters. The van der Waals surface area contributed by atoms with E-state index in [0.717, 1.165) is 29.3 Å². The first-order valence-electron chi connectivity index (χ1n) is 6.69. The van der Waals surface area contributed by atoms with Gasteiger partial charge < -0.3 is 14.2 Å². The molecule has 0 aliphatic rings. The summed E-state index contributed by atoms with van der Waals surface area (Å²) >= 11 is 0. The monoisotopic (exact) mass is 293 g/mol. The molecule has 5 heteroatoms. The minimum Gasteiger partial charge on any atom is -0.397 e. The van der Waals surface area contributed by atoms with E-state index < -0.39 is 9.28 Å². The highest BCUT2D eigenvalue weighted by molar-refractivity contribution is 6.62. The summed E-state index contributed by atoms with van der Waals surface area (Å²) in [5.41, 5.74) is 2.42. The van der Waals surface area contributed by atoms with Crippen LogP contribution in [0.25, 0.3) is 0 Å². The number of rotatable bonds is 7. The van der Waals surface area contributed by atoms with E-state index >= 15 is 0 Å². The highest BCUT2D eigenvalue weighted by atomic mass is 28.3. The third-order valence-electron chi connectivity index (χ3n) is 3.03. The van der Waals surface area contributed by atoms with Gasteiger partial charge in [0, 0.05) is 25.5 Å². The van der Waals surface area contributed by atoms with Gasteiger partial charge >= 0.3 is 9.28 Å². The molecule has 110 valence electrons. The van der Waals surface area contributed by atoms with Gasteiger partial charge in [0.15, 0.2) is 0 Å². The van der Waals surface area contributed by atoms with Crippen molar-refractivity contribution in [2.75, 3.05) is 19.5 Å². The Morgan fingerprint density at radius 1 is 1.35 bits per heavy atom. The summed E-state index contributed by atoms with van der Waals surface area (Å²) in [5.74, 6) is -0.160. The molecule has 0 aliphatic carbocycles. The standard InChI is InChI=1S/C15H23NO3Si/c1-6-8-12-13(16-15(17)11(2)3)9-7-10-14(12)20(18-4)19-5/h7,9-10,20H,2,6,8H2,1,3-5H3,(H,16,17). The average Bonchev–Trinajstić information content (AvgIpc) is 2.43. The fourth-order valence-corrected chi connectivity index (χ4v) is 3.60. The predicted octanol–water partition coefficient (Wildman–Crippen LogP) is 1.87. The van der Waals surface area contributed by atoms with Crippen molar-refractivity contribution in [3.63, 3.8) is 0 Å². The van der Waals surface area contributed by atoms with Crippen LogP contribution in [0.15, 0.2) is 30.4 Å². The van der Waals surface area contributed by atoms with Crippen molar-refractivity contribution in [2.24, 2.45) is 0 Å². The van der Waals surface area contributed by atoms with Gasteiger partial charge in [-0.15, -0.1) is 0 Å². The Hall–Kier alpha value is -1.43. The highest BCUT2D eigenvalue weighted by Gasteiger charge is 2.20. The molecule has 0 heterocycles. The van der Waals surface area contributed by atoms with Crippen molar-refractivity contribution >= 4 is 26.1 Å². The number of nitrogens with one attached hydrogen (secondary N) is 1. The lowest BCUT2D eigenvalue weighted by Crippen LogP contribution is -2.38. The Morgan fingerprint density at radius 3 is 2.50 bits per heavy atom. The smallest absolute Gasteiger partial charge is 0.355 e. The quantitative estimate of drug-likeness (QED) is 0.617. The third kappa shape index (κ3) is 4.03. The number of anilines is 1. The zero-order valence-corrected chi connectivity index (χ0v) is 13.8. The van der Waals surface area contributed by atoms with Gasteiger partial charge in [-0.2, -0.15) is 0 Å². The number of hydrogen-bond donors (Lipinski definition) is 1. The molecule has 1 aromatic rings. The summed E-state index contributed by atoms with van der Waals surface area (Å²) in [6.07, 6.45) is 1.86. The molecule has 4 nitrogen and oxygen atoms in total. The van der Waals surface area contributed by atoms with Gasteiger partial charge in [0.1, 0.15) is 0 Å². The van der Waals surface area contributed by atoms with Crippen LogP contribution in [0.4, 0.5) is 5.69 Å². The van der Waals surface area contributed by atoms with E-state index in [9.17, 15) is 4.79 Å². The van der Waals surface area contributed by atoms with Crippen LogP contribution in [0, 0.1) is 0 Å². The predicted molar refractivity (Wildman–Crippen MR) is 84.7 cm³/mol. The molecule has 0 atom stereocenters. The van der Waals surface area contributed by atoms with Crippen LogP contribution in [0.5, 0.6) is 0 Å². The summed E-state index contributed by atoms with van der Waals surface area (Å²) < 4.78 is 10.9. The maximum absolute atomic E-state index is 11.8. The Morgan fingerprint density at radius 2 is 2.00 bits per heavy atom. The van der Waals surface area contributed by atoms with Crippen LogP contribution in [0.3, 0.4) is 0 Å². The molecule has 1 aromatic carbocycles. The van der Waals surface area contributed by atoms with Gasteiger partial charge in [0.05, 0.1) is 0 Å². The lowest BCUT2D eigenvalue weighted by molar-refractivity contribution is -0.112. The average molecular weight is 293 g/mol. The fourth-order valence-electron chi connectivity index (χ4n) is 2.05. The number of hydrogen-bond acceptors (Lipinski definition) is 3. The summed E-state index contributed by atoms with van der Waals surface area (Å²) in [5, 5.41) is 3.99. The molecule has 0 bridgehead atoms. The van der Waals surface area contributed by atoms with E-state index in [1.807, 2.05) is 18.2 Å². The lowest BCUT2D eigenvalue weighted by atomic mass is 10.1. The lowest BCUT2D eigenvalue weighted by Gasteiger charge is -2.19. The molecule has 1 amide bonds. The van der Waals surface area contributed by atoms with Crippen molar-refractivity contribution in [3.05, 3.63) is 35.9 Å². The van der Waals surface area contributed by atoms with Crippen LogP contribution in [-0.4, -0.2) is 29.4 Å². The van der Waals surface area contributed by atoms with Crippen molar-refractivity contribution < 1.29 is 13.6 Å². The number of carbonyl (C=O) groups is 1. The van der Waals surface area contributed by atoms with Crippen molar-refractivity contribution in [1.29, 1.82) is 0 Å². The minimum absolute atomic E-state index is 0.160. The Balaban J connectivity index is 3.20. The highest BCUT2D eigenvalue weighted by Crippen LogP contribution is 2.17. The van der Waals surface area contributed by atoms with Crippen molar-refractivity contribution in [2.45, 2.75) is 26.7 Å². The van der Waals surface area contributed by atoms with Gasteiger partial charge in [-0.3, -0.25) is 4.79 Å². The normalized spacial score (nSPS) is 10.7. The van der Waals surface area contributed by atoms with E-state index in [-0.39, 0.29) is 5.91 Å². The largest absolute Gasteiger partial charge is 0.397 e. The Bertz CT molecular complexity index is 484. The molecule has 0 radical (unpaired) electrons. The van der Waals surface area contributed by atoms with Gasteiger partial charge in [-0.1, -0.05) is 32.1 Å². The van der Waals surface area contributed by atoms with E-state index in [1.165, 1.54) is 0 Å². The zero-order valence-electron chi connectivity index (χ0n) is 12.7. The van der Waals surface area contributed by atoms with Gasteiger partial charge in [-0.25, -0.2) is 0 Å². The van der Waals surface area contributed by atoms with E-state index in [1.54, 1.807) is 21.1 Å². The number of amides is 1. The van der Waals surface area contributed by atoms with Crippen LogP contribution in [-0.2, 0) is 20.1 Å². The third-order valence-corrected chi connectivity index (χ3v) is 4.94. The Labute approximate surface area is 122 Å². The fraction of sp³-hybridized carbons (Fsp3) is 0.400. The first-order chi connectivity index (χ1) is 9.54. The molecule has 0 aliphatic heterocycles. The molecular formula is C15H23NO3Si. The molecule has 1 N–H and O–H groups in total. The summed E-state index contributed by atoms with van der Waals surface area (Å²) in [7, 11) is 1.43.